The van der Waals surface area contributed by atoms with E-state index in [1.165, 1.54) is 0 Å². The lowest BCUT2D eigenvalue weighted by Crippen LogP contribution is -2.15. The Labute approximate surface area is 108 Å². The van der Waals surface area contributed by atoms with E-state index in [-0.39, 0.29) is 11.7 Å². The molecule has 4 heteroatoms. The number of hydrogen-bond acceptors (Lipinski definition) is 4. The van der Waals surface area contributed by atoms with Gasteiger partial charge in [0.25, 0.3) is 0 Å². The summed E-state index contributed by atoms with van der Waals surface area (Å²) in [4.78, 5) is 12.2. The monoisotopic (exact) mass is 251 g/mol. The smallest absolute Gasteiger partial charge is 0.167 e. The van der Waals surface area contributed by atoms with Gasteiger partial charge in [0.1, 0.15) is 11.5 Å². The summed E-state index contributed by atoms with van der Waals surface area (Å²) in [5.41, 5.74) is 7.04. The van der Waals surface area contributed by atoms with E-state index >= 15 is 0 Å². The summed E-state index contributed by atoms with van der Waals surface area (Å²) in [6.45, 7) is 4.37. The van der Waals surface area contributed by atoms with Crippen molar-refractivity contribution in [3.8, 4) is 11.5 Å². The zero-order valence-corrected chi connectivity index (χ0v) is 11.4. The van der Waals surface area contributed by atoms with E-state index in [0.29, 0.717) is 30.0 Å². The van der Waals surface area contributed by atoms with Crippen molar-refractivity contribution < 1.29 is 14.3 Å². The van der Waals surface area contributed by atoms with Gasteiger partial charge < -0.3 is 15.2 Å². The van der Waals surface area contributed by atoms with Crippen molar-refractivity contribution >= 4 is 5.78 Å². The lowest BCUT2D eigenvalue weighted by atomic mass is 9.98. The highest BCUT2D eigenvalue weighted by atomic mass is 16.5. The number of carbonyl (C=O) groups is 1. The van der Waals surface area contributed by atoms with E-state index < -0.39 is 0 Å². The fraction of sp³-hybridized carbons (Fsp3) is 0.500. The van der Waals surface area contributed by atoms with Crippen LogP contribution < -0.4 is 15.2 Å². The predicted molar refractivity (Wildman–Crippen MR) is 71.4 cm³/mol. The molecular formula is C14H21NO3. The van der Waals surface area contributed by atoms with E-state index in [4.69, 9.17) is 15.2 Å². The van der Waals surface area contributed by atoms with Gasteiger partial charge in [-0.25, -0.2) is 0 Å². The number of aryl methyl sites for hydroxylation is 1. The molecule has 2 N–H and O–H groups in total. The molecule has 100 valence electrons. The number of nitrogens with two attached hydrogens (primary N) is 1. The minimum absolute atomic E-state index is 0.0306. The minimum Gasteiger partial charge on any atom is -0.496 e. The molecule has 0 bridgehead atoms. The van der Waals surface area contributed by atoms with E-state index in [2.05, 4.69) is 0 Å². The first-order chi connectivity index (χ1) is 8.53. The van der Waals surface area contributed by atoms with Crippen LogP contribution >= 0.6 is 0 Å². The minimum atomic E-state index is 0.0306. The first kappa shape index (κ1) is 14.5. The first-order valence-electron chi connectivity index (χ1n) is 5.99. The highest BCUT2D eigenvalue weighted by molar-refractivity contribution is 5.99. The maximum absolute atomic E-state index is 12.2. The highest BCUT2D eigenvalue weighted by Crippen LogP contribution is 2.29. The largest absolute Gasteiger partial charge is 0.496 e. The molecule has 1 rings (SSSR count). The molecule has 1 aromatic rings. The van der Waals surface area contributed by atoms with Gasteiger partial charge >= 0.3 is 0 Å². The predicted octanol–water partition coefficient (Wildman–Crippen LogP) is 2.18. The standard InChI is InChI=1S/C14H21NO3/c1-9(8-15)5-12(16)11-7-13(17-3)10(2)6-14(11)18-4/h6-7,9H,5,8,15H2,1-4H3. The molecule has 0 aliphatic heterocycles. The van der Waals surface area contributed by atoms with E-state index in [1.807, 2.05) is 19.9 Å². The number of benzene rings is 1. The summed E-state index contributed by atoms with van der Waals surface area (Å²) in [5, 5.41) is 0. The van der Waals surface area contributed by atoms with Gasteiger partial charge in [0, 0.05) is 6.42 Å². The third kappa shape index (κ3) is 3.23. The van der Waals surface area contributed by atoms with Crippen molar-refractivity contribution in [3.05, 3.63) is 23.3 Å². The summed E-state index contributed by atoms with van der Waals surface area (Å²) in [6.07, 6.45) is 0.416. The summed E-state index contributed by atoms with van der Waals surface area (Å²) in [5.74, 6) is 1.47. The number of ketones is 1. The van der Waals surface area contributed by atoms with Crippen LogP contribution in [-0.4, -0.2) is 26.5 Å². The lowest BCUT2D eigenvalue weighted by Gasteiger charge is -2.13. The van der Waals surface area contributed by atoms with Crippen LogP contribution in [0.5, 0.6) is 11.5 Å². The van der Waals surface area contributed by atoms with Crippen LogP contribution in [0.25, 0.3) is 0 Å². The zero-order chi connectivity index (χ0) is 13.7. The van der Waals surface area contributed by atoms with E-state index in [9.17, 15) is 4.79 Å². The fourth-order valence-electron chi connectivity index (χ4n) is 1.78. The summed E-state index contributed by atoms with van der Waals surface area (Å²) < 4.78 is 10.5. The molecule has 0 aliphatic rings. The van der Waals surface area contributed by atoms with Crippen LogP contribution in [0.4, 0.5) is 0 Å². The SMILES string of the molecule is COc1cc(C(=O)CC(C)CN)c(OC)cc1C. The molecule has 0 saturated heterocycles. The Hall–Kier alpha value is -1.55. The van der Waals surface area contributed by atoms with Crippen molar-refractivity contribution in [2.45, 2.75) is 20.3 Å². The van der Waals surface area contributed by atoms with Crippen LogP contribution in [0, 0.1) is 12.8 Å². The van der Waals surface area contributed by atoms with Crippen LogP contribution in [0.3, 0.4) is 0 Å². The average molecular weight is 251 g/mol. The van der Waals surface area contributed by atoms with Crippen LogP contribution in [0.2, 0.25) is 0 Å². The average Bonchev–Trinajstić information content (AvgIpc) is 2.37. The highest BCUT2D eigenvalue weighted by Gasteiger charge is 2.17. The molecular weight excluding hydrogens is 230 g/mol. The Kier molecular flexibility index (Phi) is 5.16. The molecule has 0 spiro atoms. The van der Waals surface area contributed by atoms with Crippen molar-refractivity contribution in [2.24, 2.45) is 11.7 Å². The van der Waals surface area contributed by atoms with Gasteiger partial charge in [-0.2, -0.15) is 0 Å². The Morgan fingerprint density at radius 3 is 2.39 bits per heavy atom. The number of rotatable bonds is 6. The molecule has 4 nitrogen and oxygen atoms in total. The molecule has 1 unspecified atom stereocenters. The van der Waals surface area contributed by atoms with Gasteiger partial charge in [-0.15, -0.1) is 0 Å². The topological polar surface area (TPSA) is 61.5 Å². The normalized spacial score (nSPS) is 12.1. The number of methoxy groups -OCH3 is 2. The second-order valence-electron chi connectivity index (χ2n) is 4.49. The van der Waals surface area contributed by atoms with Gasteiger partial charge in [-0.3, -0.25) is 4.79 Å². The molecule has 0 amide bonds. The Morgan fingerprint density at radius 2 is 1.89 bits per heavy atom. The molecule has 0 saturated carbocycles. The third-order valence-electron chi connectivity index (χ3n) is 2.95. The van der Waals surface area contributed by atoms with Crippen molar-refractivity contribution in [1.29, 1.82) is 0 Å². The number of carbonyl (C=O) groups excluding carboxylic acids is 1. The van der Waals surface area contributed by atoms with Gasteiger partial charge in [-0.05, 0) is 37.1 Å². The zero-order valence-electron chi connectivity index (χ0n) is 11.4. The number of ether oxygens (including phenoxy) is 2. The Bertz CT molecular complexity index is 429. The van der Waals surface area contributed by atoms with Crippen molar-refractivity contribution in [1.82, 2.24) is 0 Å². The lowest BCUT2D eigenvalue weighted by molar-refractivity contribution is 0.0962. The van der Waals surface area contributed by atoms with Gasteiger partial charge in [0.05, 0.1) is 19.8 Å². The summed E-state index contributed by atoms with van der Waals surface area (Å²) in [6, 6.07) is 3.55. The summed E-state index contributed by atoms with van der Waals surface area (Å²) >= 11 is 0. The molecule has 0 radical (unpaired) electrons. The summed E-state index contributed by atoms with van der Waals surface area (Å²) in [7, 11) is 3.15. The molecule has 18 heavy (non-hydrogen) atoms. The Balaban J connectivity index is 3.09. The second-order valence-corrected chi connectivity index (χ2v) is 4.49. The molecule has 0 aliphatic carbocycles. The molecule has 1 aromatic carbocycles. The third-order valence-corrected chi connectivity index (χ3v) is 2.95. The van der Waals surface area contributed by atoms with Gasteiger partial charge in [0.15, 0.2) is 5.78 Å². The number of hydrogen-bond donors (Lipinski definition) is 1. The molecule has 0 heterocycles. The molecule has 0 fully saturated rings. The maximum Gasteiger partial charge on any atom is 0.167 e. The van der Waals surface area contributed by atoms with Crippen molar-refractivity contribution in [2.75, 3.05) is 20.8 Å². The van der Waals surface area contributed by atoms with Crippen LogP contribution in [-0.2, 0) is 0 Å². The van der Waals surface area contributed by atoms with Crippen LogP contribution in [0.15, 0.2) is 12.1 Å². The second kappa shape index (κ2) is 6.40. The van der Waals surface area contributed by atoms with Crippen LogP contribution in [0.1, 0.15) is 29.3 Å². The fourth-order valence-corrected chi connectivity index (χ4v) is 1.78. The number of Topliss-reactive ketones (excluding diaryl/α,β-unsaturated/α-hetero) is 1. The van der Waals surface area contributed by atoms with Gasteiger partial charge in [0.2, 0.25) is 0 Å². The van der Waals surface area contributed by atoms with Crippen molar-refractivity contribution in [3.63, 3.8) is 0 Å². The van der Waals surface area contributed by atoms with Gasteiger partial charge in [-0.1, -0.05) is 6.92 Å². The first-order valence-corrected chi connectivity index (χ1v) is 5.99. The van der Waals surface area contributed by atoms with E-state index in [0.717, 1.165) is 5.56 Å². The quantitative estimate of drug-likeness (QED) is 0.787. The molecule has 1 atom stereocenters. The Morgan fingerprint density at radius 1 is 1.28 bits per heavy atom. The molecule has 0 aromatic heterocycles. The maximum atomic E-state index is 12.2. The van der Waals surface area contributed by atoms with E-state index in [1.54, 1.807) is 20.3 Å².